The molecule has 0 aromatic heterocycles. The van der Waals surface area contributed by atoms with Crippen LogP contribution in [0.5, 0.6) is 0 Å². The lowest BCUT2D eigenvalue weighted by molar-refractivity contribution is -0.166. The molecule has 0 spiro atoms. The number of ether oxygens (including phenoxy) is 1. The Bertz CT molecular complexity index is 1750. The summed E-state index contributed by atoms with van der Waals surface area (Å²) >= 11 is 0. The van der Waals surface area contributed by atoms with E-state index in [0.29, 0.717) is 12.1 Å². The number of fused-ring (bicyclic) bond motifs is 2. The molecular weight excluding hydrogens is 606 g/mol. The van der Waals surface area contributed by atoms with Crippen molar-refractivity contribution < 1.29 is 38.6 Å². The molecule has 5 unspecified atom stereocenters. The number of aliphatic hydroxyl groups excluding tert-OH is 1. The van der Waals surface area contributed by atoms with E-state index in [4.69, 9.17) is 4.74 Å². The average molecular weight is 642 g/mol. The van der Waals surface area contributed by atoms with Gasteiger partial charge in [0.15, 0.2) is 0 Å². The smallest absolute Gasteiger partial charge is 0.329 e. The summed E-state index contributed by atoms with van der Waals surface area (Å²) in [5.41, 5.74) is 1.13. The molecule has 3 aliphatic heterocycles. The molecule has 3 aromatic carbocycles. The van der Waals surface area contributed by atoms with E-state index in [9.17, 15) is 33.9 Å². The Kier molecular flexibility index (Phi) is 8.65. The number of carbonyl (C=O) groups excluding carboxylic acids is 6. The summed E-state index contributed by atoms with van der Waals surface area (Å²) in [6.45, 7) is 3.77. The van der Waals surface area contributed by atoms with Gasteiger partial charge in [0.25, 0.3) is 0 Å². The SMILES string of the molecule is CCN1CCN(C(=O)NC(C(=O)NC2C(=O)N3C(C(=O)OCc4ccc5ccccc5c4)C(C)C(O)[C@H]23)c2ccccc2)C(=O)C1=O. The third-order valence-electron chi connectivity index (χ3n) is 9.20. The van der Waals surface area contributed by atoms with Crippen molar-refractivity contribution in [2.24, 2.45) is 5.92 Å². The number of aliphatic hydroxyl groups is 1. The zero-order valence-corrected chi connectivity index (χ0v) is 25.9. The van der Waals surface area contributed by atoms with Gasteiger partial charge in [0, 0.05) is 25.6 Å². The maximum atomic E-state index is 13.7. The van der Waals surface area contributed by atoms with E-state index in [0.717, 1.165) is 21.2 Å². The molecule has 0 radical (unpaired) electrons. The van der Waals surface area contributed by atoms with Crippen molar-refractivity contribution >= 4 is 46.4 Å². The first-order valence-corrected chi connectivity index (χ1v) is 15.5. The van der Waals surface area contributed by atoms with Gasteiger partial charge in [-0.3, -0.25) is 24.1 Å². The molecule has 6 atom stereocenters. The summed E-state index contributed by atoms with van der Waals surface area (Å²) in [6, 6.07) is 16.3. The van der Waals surface area contributed by atoms with Gasteiger partial charge in [-0.2, -0.15) is 0 Å². The van der Waals surface area contributed by atoms with E-state index in [1.807, 2.05) is 42.5 Å². The Morgan fingerprint density at radius 2 is 1.64 bits per heavy atom. The first-order valence-electron chi connectivity index (χ1n) is 15.5. The standard InChI is InChI=1S/C34H35N5O8/c1-3-37-15-16-38(32(44)31(37)43)34(46)36-24(22-10-5-4-6-11-22)29(41)35-25-27-28(40)19(2)26(39(27)30(25)42)33(45)47-18-20-13-14-21-9-7-8-12-23(21)17-20/h4-14,17,19,24-28,40H,3,15-16,18H2,1-2H3,(H,35,41)(H,36,46)/t19?,24?,25?,26?,27-,28?/m0/s1. The van der Waals surface area contributed by atoms with Gasteiger partial charge in [0.1, 0.15) is 24.7 Å². The van der Waals surface area contributed by atoms with Crippen molar-refractivity contribution in [1.29, 1.82) is 0 Å². The lowest BCUT2D eigenvalue weighted by Crippen LogP contribution is -2.73. The number of hydrogen-bond donors (Lipinski definition) is 3. The number of likely N-dealkylation sites (N-methyl/N-ethyl adjacent to an activating group) is 1. The number of nitrogens with one attached hydrogen (secondary N) is 2. The minimum atomic E-state index is -1.34. The lowest BCUT2D eigenvalue weighted by atomic mass is 9.91. The number of amides is 6. The van der Waals surface area contributed by atoms with Crippen molar-refractivity contribution in [2.45, 2.75) is 50.7 Å². The van der Waals surface area contributed by atoms with E-state index < -0.39 is 71.8 Å². The fraction of sp³-hybridized carbons (Fsp3) is 0.353. The maximum Gasteiger partial charge on any atom is 0.329 e. The number of imide groups is 1. The highest BCUT2D eigenvalue weighted by Crippen LogP contribution is 2.40. The molecule has 47 heavy (non-hydrogen) atoms. The average Bonchev–Trinajstić information content (AvgIpc) is 3.32. The molecule has 0 saturated carbocycles. The molecule has 3 aromatic rings. The summed E-state index contributed by atoms with van der Waals surface area (Å²) in [5.74, 6) is -4.50. The molecule has 13 heteroatoms. The zero-order valence-electron chi connectivity index (χ0n) is 25.9. The fourth-order valence-electron chi connectivity index (χ4n) is 6.56. The number of esters is 1. The Morgan fingerprint density at radius 1 is 0.936 bits per heavy atom. The van der Waals surface area contributed by atoms with Crippen molar-refractivity contribution in [3.8, 4) is 0 Å². The third kappa shape index (κ3) is 5.78. The minimum absolute atomic E-state index is 0.0180. The number of piperazine rings is 1. The van der Waals surface area contributed by atoms with Gasteiger partial charge >= 0.3 is 23.8 Å². The van der Waals surface area contributed by atoms with Crippen molar-refractivity contribution in [1.82, 2.24) is 25.3 Å². The highest BCUT2D eigenvalue weighted by Gasteiger charge is 2.64. The van der Waals surface area contributed by atoms with Crippen LogP contribution in [0.3, 0.4) is 0 Å². The van der Waals surface area contributed by atoms with Gasteiger partial charge in [0.2, 0.25) is 11.8 Å². The number of nitrogens with zero attached hydrogens (tertiary/aromatic N) is 3. The second-order valence-electron chi connectivity index (χ2n) is 11.9. The first-order chi connectivity index (χ1) is 22.6. The monoisotopic (exact) mass is 641 g/mol. The number of carbonyl (C=O) groups is 6. The van der Waals surface area contributed by atoms with Crippen molar-refractivity contribution in [3.63, 3.8) is 0 Å². The highest BCUT2D eigenvalue weighted by molar-refractivity contribution is 6.38. The van der Waals surface area contributed by atoms with Gasteiger partial charge in [-0.25, -0.2) is 9.59 Å². The minimum Gasteiger partial charge on any atom is -0.459 e. The fourth-order valence-corrected chi connectivity index (χ4v) is 6.56. The van der Waals surface area contributed by atoms with Crippen LogP contribution in [0, 0.1) is 5.92 Å². The second-order valence-corrected chi connectivity index (χ2v) is 11.9. The number of urea groups is 1. The molecule has 3 fully saturated rings. The van der Waals surface area contributed by atoms with Crippen LogP contribution in [-0.2, 0) is 35.3 Å². The summed E-state index contributed by atoms with van der Waals surface area (Å²) in [4.78, 5) is 81.7. The number of rotatable bonds is 8. The lowest BCUT2D eigenvalue weighted by Gasteiger charge is -2.45. The van der Waals surface area contributed by atoms with Crippen LogP contribution in [-0.4, -0.2) is 99.3 Å². The second kappa shape index (κ2) is 12.8. The van der Waals surface area contributed by atoms with Crippen molar-refractivity contribution in [2.75, 3.05) is 19.6 Å². The summed E-state index contributed by atoms with van der Waals surface area (Å²) in [7, 11) is 0. The number of hydrogen-bond acceptors (Lipinski definition) is 8. The van der Waals surface area contributed by atoms with E-state index >= 15 is 0 Å². The molecule has 0 bridgehead atoms. The Balaban J connectivity index is 1.13. The Hall–Kier alpha value is -5.30. The predicted molar refractivity (Wildman–Crippen MR) is 167 cm³/mol. The quantitative estimate of drug-likeness (QED) is 0.187. The van der Waals surface area contributed by atoms with Gasteiger partial charge in [0.05, 0.1) is 12.1 Å². The molecule has 3 aliphatic rings. The number of β-lactam (4-membered cyclic amide) rings is 1. The maximum absolute atomic E-state index is 13.7. The number of benzene rings is 3. The first kappa shape index (κ1) is 31.7. The molecule has 244 valence electrons. The van der Waals surface area contributed by atoms with Crippen LogP contribution < -0.4 is 10.6 Å². The highest BCUT2D eigenvalue weighted by atomic mass is 16.5. The molecule has 13 nitrogen and oxygen atoms in total. The van der Waals surface area contributed by atoms with E-state index in [1.54, 1.807) is 44.2 Å². The Morgan fingerprint density at radius 3 is 2.36 bits per heavy atom. The van der Waals surface area contributed by atoms with E-state index in [-0.39, 0.29) is 19.7 Å². The van der Waals surface area contributed by atoms with Crippen LogP contribution in [0.15, 0.2) is 72.8 Å². The van der Waals surface area contributed by atoms with Crippen LogP contribution in [0.4, 0.5) is 4.79 Å². The molecule has 3 heterocycles. The molecule has 0 aliphatic carbocycles. The van der Waals surface area contributed by atoms with Gasteiger partial charge in [-0.15, -0.1) is 0 Å². The molecule has 3 N–H and O–H groups in total. The van der Waals surface area contributed by atoms with Crippen LogP contribution >= 0.6 is 0 Å². The largest absolute Gasteiger partial charge is 0.459 e. The van der Waals surface area contributed by atoms with Crippen LogP contribution in [0.1, 0.15) is 31.0 Å². The zero-order chi connectivity index (χ0) is 33.4. The summed E-state index contributed by atoms with van der Waals surface area (Å²) in [5, 5.41) is 18.3. The topological polar surface area (TPSA) is 166 Å². The van der Waals surface area contributed by atoms with Gasteiger partial charge in [-0.1, -0.05) is 73.7 Å². The van der Waals surface area contributed by atoms with Crippen LogP contribution in [0.2, 0.25) is 0 Å². The third-order valence-corrected chi connectivity index (χ3v) is 9.20. The summed E-state index contributed by atoms with van der Waals surface area (Å²) < 4.78 is 5.59. The van der Waals surface area contributed by atoms with Gasteiger partial charge in [-0.05, 0) is 34.9 Å². The van der Waals surface area contributed by atoms with Crippen LogP contribution in [0.25, 0.3) is 10.8 Å². The molecular formula is C34H35N5O8. The molecule has 6 rings (SSSR count). The van der Waals surface area contributed by atoms with E-state index in [2.05, 4.69) is 10.6 Å². The Labute approximate surface area is 270 Å². The summed E-state index contributed by atoms with van der Waals surface area (Å²) in [6.07, 6.45) is -1.14. The van der Waals surface area contributed by atoms with E-state index in [1.165, 1.54) is 9.80 Å². The van der Waals surface area contributed by atoms with Gasteiger partial charge < -0.3 is 30.3 Å². The molecule has 6 amide bonds. The predicted octanol–water partition coefficient (Wildman–Crippen LogP) is 1.10. The molecule has 3 saturated heterocycles. The van der Waals surface area contributed by atoms with Crippen molar-refractivity contribution in [3.05, 3.63) is 83.9 Å². The normalized spacial score (nSPS) is 24.4.